The van der Waals surface area contributed by atoms with E-state index in [1.807, 2.05) is 13.8 Å². The van der Waals surface area contributed by atoms with Gasteiger partial charge in [0.15, 0.2) is 0 Å². The smallest absolute Gasteiger partial charge is 0.149 e. The van der Waals surface area contributed by atoms with Crippen LogP contribution >= 0.6 is 0 Å². The van der Waals surface area contributed by atoms with Gasteiger partial charge in [-0.15, -0.1) is 0 Å². The van der Waals surface area contributed by atoms with Crippen molar-refractivity contribution in [2.45, 2.75) is 45.9 Å². The Balaban J connectivity index is 2.82. The summed E-state index contributed by atoms with van der Waals surface area (Å²) in [5.74, 6) is -1.14. The van der Waals surface area contributed by atoms with Gasteiger partial charge in [-0.05, 0) is 31.0 Å². The van der Waals surface area contributed by atoms with Crippen molar-refractivity contribution >= 4 is 5.69 Å². The van der Waals surface area contributed by atoms with Crippen LogP contribution in [0.1, 0.15) is 32.8 Å². The Morgan fingerprint density at radius 3 is 2.20 bits per heavy atom. The normalized spacial score (nSPS) is 12.8. The number of nitrogens with one attached hydrogen (secondary N) is 1. The van der Waals surface area contributed by atoms with Crippen molar-refractivity contribution in [2.75, 3.05) is 18.5 Å². The minimum absolute atomic E-state index is 0.0426. The third kappa shape index (κ3) is 5.06. The van der Waals surface area contributed by atoms with Gasteiger partial charge >= 0.3 is 0 Å². The Morgan fingerprint density at radius 2 is 1.75 bits per heavy atom. The zero-order chi connectivity index (χ0) is 15.3. The Kier molecular flexibility index (Phi) is 6.36. The van der Waals surface area contributed by atoms with E-state index in [2.05, 4.69) is 5.32 Å². The molecule has 114 valence electrons. The topological polar surface area (TPSA) is 35.5 Å². The molecule has 0 radical (unpaired) electrons. The lowest BCUT2D eigenvalue weighted by Crippen LogP contribution is -2.25. The van der Waals surface area contributed by atoms with Gasteiger partial charge in [-0.25, -0.2) is 8.78 Å². The van der Waals surface area contributed by atoms with E-state index in [1.54, 1.807) is 14.0 Å². The van der Waals surface area contributed by atoms with Crippen molar-refractivity contribution in [1.82, 2.24) is 5.32 Å². The molecule has 0 amide bonds. The second-order valence-corrected chi connectivity index (χ2v) is 5.50. The molecule has 0 bridgehead atoms. The number of nitrogens with zero attached hydrogens (tertiary/aromatic N) is 1. The first kappa shape index (κ1) is 16.9. The van der Waals surface area contributed by atoms with E-state index < -0.39 is 17.7 Å². The number of rotatable bonds is 7. The average Bonchev–Trinajstić information content (AvgIpc) is 2.33. The minimum atomic E-state index is -0.571. The van der Waals surface area contributed by atoms with Crippen LogP contribution < -0.4 is 10.2 Å². The molecule has 0 heterocycles. The van der Waals surface area contributed by atoms with Gasteiger partial charge in [0.2, 0.25) is 0 Å². The molecule has 1 aromatic rings. The molecule has 5 heteroatoms. The quantitative estimate of drug-likeness (QED) is 0.809. The Hall–Kier alpha value is -1.20. The molecule has 0 fully saturated rings. The number of benzene rings is 1. The largest absolute Gasteiger partial charge is 0.393 e. The molecular weight excluding hydrogens is 262 g/mol. The molecule has 0 aliphatic rings. The van der Waals surface area contributed by atoms with Crippen molar-refractivity contribution in [3.63, 3.8) is 0 Å². The zero-order valence-electron chi connectivity index (χ0n) is 12.6. The third-order valence-corrected chi connectivity index (χ3v) is 3.06. The molecule has 1 unspecified atom stereocenters. The van der Waals surface area contributed by atoms with Gasteiger partial charge in [-0.3, -0.25) is 0 Å². The van der Waals surface area contributed by atoms with Crippen molar-refractivity contribution in [2.24, 2.45) is 0 Å². The van der Waals surface area contributed by atoms with Crippen LogP contribution in [0, 0.1) is 11.6 Å². The summed E-state index contributed by atoms with van der Waals surface area (Å²) >= 11 is 0. The number of aliphatic hydroxyl groups excluding tert-OH is 1. The minimum Gasteiger partial charge on any atom is -0.393 e. The van der Waals surface area contributed by atoms with E-state index >= 15 is 0 Å². The van der Waals surface area contributed by atoms with E-state index in [0.717, 1.165) is 0 Å². The highest BCUT2D eigenvalue weighted by atomic mass is 19.1. The predicted octanol–water partition coefficient (Wildman–Crippen LogP) is 2.67. The summed E-state index contributed by atoms with van der Waals surface area (Å²) < 4.78 is 28.1. The summed E-state index contributed by atoms with van der Waals surface area (Å²) in [5, 5.41) is 12.4. The highest BCUT2D eigenvalue weighted by Crippen LogP contribution is 2.24. The molecule has 3 nitrogen and oxygen atoms in total. The number of hydrogen-bond acceptors (Lipinski definition) is 3. The molecule has 0 saturated heterocycles. The molecule has 1 aromatic carbocycles. The monoisotopic (exact) mass is 286 g/mol. The highest BCUT2D eigenvalue weighted by Gasteiger charge is 2.15. The molecular formula is C15H24F2N2O. The number of aliphatic hydroxyl groups is 1. The van der Waals surface area contributed by atoms with Crippen LogP contribution in [0.4, 0.5) is 14.5 Å². The summed E-state index contributed by atoms with van der Waals surface area (Å²) in [6.07, 6.45) is -0.0236. The predicted molar refractivity (Wildman–Crippen MR) is 77.9 cm³/mol. The first-order chi connectivity index (χ1) is 9.31. The van der Waals surface area contributed by atoms with Crippen molar-refractivity contribution in [1.29, 1.82) is 0 Å². The molecule has 1 rings (SSSR count). The van der Waals surface area contributed by atoms with Crippen molar-refractivity contribution in [3.05, 3.63) is 29.3 Å². The van der Waals surface area contributed by atoms with Crippen LogP contribution in [-0.2, 0) is 6.54 Å². The lowest BCUT2D eigenvalue weighted by molar-refractivity contribution is 0.186. The van der Waals surface area contributed by atoms with Gasteiger partial charge in [-0.2, -0.15) is 0 Å². The van der Waals surface area contributed by atoms with Gasteiger partial charge in [0, 0.05) is 26.2 Å². The fourth-order valence-corrected chi connectivity index (χ4v) is 1.90. The van der Waals surface area contributed by atoms with Crippen molar-refractivity contribution < 1.29 is 13.9 Å². The molecule has 0 aliphatic carbocycles. The SMILES string of the molecule is CC(O)CCN(C)c1c(F)cc(CNC(C)C)cc1F. The Bertz CT molecular complexity index is 413. The number of hydrogen-bond donors (Lipinski definition) is 2. The number of halogens is 2. The summed E-state index contributed by atoms with van der Waals surface area (Å²) in [6.45, 7) is 6.44. The third-order valence-electron chi connectivity index (χ3n) is 3.06. The van der Waals surface area contributed by atoms with Gasteiger partial charge in [-0.1, -0.05) is 13.8 Å². The van der Waals surface area contributed by atoms with Crippen LogP contribution in [0.5, 0.6) is 0 Å². The molecule has 0 aromatic heterocycles. The number of anilines is 1. The second-order valence-electron chi connectivity index (χ2n) is 5.50. The van der Waals surface area contributed by atoms with E-state index in [9.17, 15) is 13.9 Å². The summed E-state index contributed by atoms with van der Waals surface area (Å²) in [4.78, 5) is 1.50. The van der Waals surface area contributed by atoms with Crippen LogP contribution in [0.3, 0.4) is 0 Å². The lowest BCUT2D eigenvalue weighted by atomic mass is 10.1. The summed E-state index contributed by atoms with van der Waals surface area (Å²) in [5.41, 5.74) is 0.542. The maximum atomic E-state index is 14.0. The van der Waals surface area contributed by atoms with Crippen LogP contribution in [-0.4, -0.2) is 30.8 Å². The van der Waals surface area contributed by atoms with Gasteiger partial charge in [0.05, 0.1) is 6.10 Å². The highest BCUT2D eigenvalue weighted by molar-refractivity contribution is 5.50. The fraction of sp³-hybridized carbons (Fsp3) is 0.600. The lowest BCUT2D eigenvalue weighted by Gasteiger charge is -2.22. The molecule has 0 aliphatic heterocycles. The van der Waals surface area contributed by atoms with Crippen molar-refractivity contribution in [3.8, 4) is 0 Å². The van der Waals surface area contributed by atoms with Crippen LogP contribution in [0.2, 0.25) is 0 Å². The van der Waals surface area contributed by atoms with E-state index in [0.29, 0.717) is 25.1 Å². The van der Waals surface area contributed by atoms with Gasteiger partial charge in [0.1, 0.15) is 17.3 Å². The van der Waals surface area contributed by atoms with Gasteiger partial charge in [0.25, 0.3) is 0 Å². The standard InChI is InChI=1S/C15H24F2N2O/c1-10(2)18-9-12-7-13(16)15(14(17)8-12)19(4)6-5-11(3)20/h7-8,10-11,18,20H,5-6,9H2,1-4H3. The van der Waals surface area contributed by atoms with E-state index in [4.69, 9.17) is 0 Å². The first-order valence-corrected chi connectivity index (χ1v) is 6.91. The Morgan fingerprint density at radius 1 is 1.20 bits per heavy atom. The molecule has 2 N–H and O–H groups in total. The maximum absolute atomic E-state index is 14.0. The molecule has 0 saturated carbocycles. The zero-order valence-corrected chi connectivity index (χ0v) is 12.6. The Labute approximate surface area is 119 Å². The van der Waals surface area contributed by atoms with Gasteiger partial charge < -0.3 is 15.3 Å². The molecule has 1 atom stereocenters. The average molecular weight is 286 g/mol. The fourth-order valence-electron chi connectivity index (χ4n) is 1.90. The first-order valence-electron chi connectivity index (χ1n) is 6.91. The second kappa shape index (κ2) is 7.55. The van der Waals surface area contributed by atoms with E-state index in [-0.39, 0.29) is 11.7 Å². The molecule has 20 heavy (non-hydrogen) atoms. The van der Waals surface area contributed by atoms with Crippen LogP contribution in [0.25, 0.3) is 0 Å². The van der Waals surface area contributed by atoms with Crippen LogP contribution in [0.15, 0.2) is 12.1 Å². The maximum Gasteiger partial charge on any atom is 0.149 e. The van der Waals surface area contributed by atoms with E-state index in [1.165, 1.54) is 17.0 Å². The summed E-state index contributed by atoms with van der Waals surface area (Å²) in [6, 6.07) is 2.97. The molecule has 0 spiro atoms. The summed E-state index contributed by atoms with van der Waals surface area (Å²) in [7, 11) is 1.62.